The molecule has 0 spiro atoms. The second kappa shape index (κ2) is 4.17. The number of carboxylic acid groups (broad SMARTS) is 1. The van der Waals surface area contributed by atoms with Crippen molar-refractivity contribution in [3.05, 3.63) is 5.82 Å². The van der Waals surface area contributed by atoms with Crippen LogP contribution in [-0.2, 0) is 4.79 Å². The summed E-state index contributed by atoms with van der Waals surface area (Å²) in [5, 5.41) is 19.8. The van der Waals surface area contributed by atoms with E-state index in [1.807, 2.05) is 13.8 Å². The highest BCUT2D eigenvalue weighted by Gasteiger charge is 2.18. The van der Waals surface area contributed by atoms with Crippen LogP contribution in [0.4, 0.5) is 0 Å². The first-order valence-corrected chi connectivity index (χ1v) is 4.52. The van der Waals surface area contributed by atoms with Crippen LogP contribution in [0, 0.1) is 0 Å². The zero-order valence-corrected chi connectivity index (χ0v) is 8.51. The van der Waals surface area contributed by atoms with Gasteiger partial charge >= 0.3 is 5.97 Å². The average Bonchev–Trinajstić information content (AvgIpc) is 2.49. The third kappa shape index (κ3) is 2.27. The summed E-state index contributed by atoms with van der Waals surface area (Å²) in [6, 6.07) is 0.149. The Balaban J connectivity index is 2.83. The summed E-state index contributed by atoms with van der Waals surface area (Å²) in [6.07, 6.45) is 0.0487. The van der Waals surface area contributed by atoms with Gasteiger partial charge in [0.1, 0.15) is 0 Å². The Morgan fingerprint density at radius 1 is 1.50 bits per heavy atom. The van der Waals surface area contributed by atoms with Crippen LogP contribution in [0.25, 0.3) is 0 Å². The van der Waals surface area contributed by atoms with Gasteiger partial charge in [-0.2, -0.15) is 0 Å². The van der Waals surface area contributed by atoms with Crippen LogP contribution < -0.4 is 0 Å². The molecule has 6 nitrogen and oxygen atoms in total. The Hall–Kier alpha value is -1.46. The fourth-order valence-corrected chi connectivity index (χ4v) is 1.25. The van der Waals surface area contributed by atoms with Gasteiger partial charge in [0.2, 0.25) is 0 Å². The van der Waals surface area contributed by atoms with Crippen LogP contribution in [0.2, 0.25) is 0 Å². The van der Waals surface area contributed by atoms with Gasteiger partial charge < -0.3 is 5.11 Å². The van der Waals surface area contributed by atoms with E-state index in [-0.39, 0.29) is 18.4 Å². The highest BCUT2D eigenvalue weighted by atomic mass is 16.4. The number of nitrogens with zero attached hydrogens (tertiary/aromatic N) is 4. The molecule has 1 aromatic heterocycles. The number of aliphatic carboxylic acids is 1. The Morgan fingerprint density at radius 3 is 2.64 bits per heavy atom. The van der Waals surface area contributed by atoms with Crippen molar-refractivity contribution in [3.8, 4) is 0 Å². The SMILES string of the molecule is CC(CC(=O)O)c1nnnn1C(C)C. The second-order valence-electron chi connectivity index (χ2n) is 3.57. The summed E-state index contributed by atoms with van der Waals surface area (Å²) in [7, 11) is 0. The third-order valence-electron chi connectivity index (χ3n) is 1.93. The van der Waals surface area contributed by atoms with Crippen molar-refractivity contribution in [2.75, 3.05) is 0 Å². The lowest BCUT2D eigenvalue weighted by molar-refractivity contribution is -0.137. The molecule has 1 atom stereocenters. The van der Waals surface area contributed by atoms with E-state index >= 15 is 0 Å². The van der Waals surface area contributed by atoms with E-state index in [0.29, 0.717) is 5.82 Å². The van der Waals surface area contributed by atoms with E-state index in [9.17, 15) is 4.79 Å². The first-order valence-electron chi connectivity index (χ1n) is 4.52. The molecule has 0 aliphatic rings. The number of carbonyl (C=O) groups is 1. The van der Waals surface area contributed by atoms with E-state index in [2.05, 4.69) is 15.5 Å². The molecular weight excluding hydrogens is 184 g/mol. The molecule has 1 rings (SSSR count). The van der Waals surface area contributed by atoms with E-state index in [4.69, 9.17) is 5.11 Å². The molecule has 1 heterocycles. The van der Waals surface area contributed by atoms with Gasteiger partial charge in [0, 0.05) is 5.92 Å². The van der Waals surface area contributed by atoms with Crippen molar-refractivity contribution in [3.63, 3.8) is 0 Å². The normalized spacial score (nSPS) is 13.1. The van der Waals surface area contributed by atoms with Crippen LogP contribution in [0.15, 0.2) is 0 Å². The molecule has 0 bridgehead atoms. The minimum absolute atomic E-state index is 0.0487. The van der Waals surface area contributed by atoms with Gasteiger partial charge in [0.25, 0.3) is 0 Å². The third-order valence-corrected chi connectivity index (χ3v) is 1.93. The van der Waals surface area contributed by atoms with Crippen LogP contribution in [0.3, 0.4) is 0 Å². The minimum Gasteiger partial charge on any atom is -0.481 e. The van der Waals surface area contributed by atoms with Crippen LogP contribution in [-0.4, -0.2) is 31.3 Å². The Labute approximate surface area is 81.9 Å². The Morgan fingerprint density at radius 2 is 2.14 bits per heavy atom. The lowest BCUT2D eigenvalue weighted by Crippen LogP contribution is -2.13. The van der Waals surface area contributed by atoms with Crippen molar-refractivity contribution >= 4 is 5.97 Å². The maximum absolute atomic E-state index is 10.5. The van der Waals surface area contributed by atoms with E-state index in [1.54, 1.807) is 11.6 Å². The summed E-state index contributed by atoms with van der Waals surface area (Å²) in [5.74, 6) is -0.372. The molecule has 0 saturated carbocycles. The molecule has 0 aliphatic carbocycles. The molecule has 1 unspecified atom stereocenters. The number of aromatic nitrogens is 4. The predicted molar refractivity (Wildman–Crippen MR) is 48.9 cm³/mol. The molecule has 0 fully saturated rings. The maximum atomic E-state index is 10.5. The maximum Gasteiger partial charge on any atom is 0.304 e. The van der Waals surface area contributed by atoms with Gasteiger partial charge in [-0.25, -0.2) is 4.68 Å². The first kappa shape index (κ1) is 10.6. The van der Waals surface area contributed by atoms with Crippen LogP contribution >= 0.6 is 0 Å². The molecule has 1 aromatic rings. The molecular formula is C8H14N4O2. The summed E-state index contributed by atoms with van der Waals surface area (Å²) < 4.78 is 1.65. The van der Waals surface area contributed by atoms with E-state index in [1.165, 1.54) is 0 Å². The van der Waals surface area contributed by atoms with Crippen molar-refractivity contribution < 1.29 is 9.90 Å². The monoisotopic (exact) mass is 198 g/mol. The Kier molecular flexibility index (Phi) is 3.16. The molecule has 6 heteroatoms. The van der Waals surface area contributed by atoms with Crippen molar-refractivity contribution in [2.24, 2.45) is 0 Å². The minimum atomic E-state index is -0.837. The lowest BCUT2D eigenvalue weighted by atomic mass is 10.1. The summed E-state index contributed by atoms with van der Waals surface area (Å²) in [5.41, 5.74) is 0. The summed E-state index contributed by atoms with van der Waals surface area (Å²) in [4.78, 5) is 10.5. The number of hydrogen-bond donors (Lipinski definition) is 1. The Bertz CT molecular complexity index is 321. The predicted octanol–water partition coefficient (Wildman–Crippen LogP) is 0.832. The topological polar surface area (TPSA) is 80.9 Å². The van der Waals surface area contributed by atoms with Gasteiger partial charge in [-0.1, -0.05) is 6.92 Å². The lowest BCUT2D eigenvalue weighted by Gasteiger charge is -2.11. The zero-order chi connectivity index (χ0) is 10.7. The van der Waals surface area contributed by atoms with Gasteiger partial charge in [0.05, 0.1) is 12.5 Å². The second-order valence-corrected chi connectivity index (χ2v) is 3.57. The number of carboxylic acids is 1. The molecule has 0 aliphatic heterocycles. The van der Waals surface area contributed by atoms with E-state index < -0.39 is 5.97 Å². The summed E-state index contributed by atoms with van der Waals surface area (Å²) >= 11 is 0. The van der Waals surface area contributed by atoms with Crippen LogP contribution in [0.5, 0.6) is 0 Å². The van der Waals surface area contributed by atoms with Gasteiger partial charge in [0.15, 0.2) is 5.82 Å². The highest BCUT2D eigenvalue weighted by molar-refractivity contribution is 5.67. The molecule has 78 valence electrons. The van der Waals surface area contributed by atoms with Gasteiger partial charge in [-0.05, 0) is 24.3 Å². The highest BCUT2D eigenvalue weighted by Crippen LogP contribution is 2.17. The first-order chi connectivity index (χ1) is 6.52. The molecule has 1 N–H and O–H groups in total. The number of rotatable bonds is 4. The number of hydrogen-bond acceptors (Lipinski definition) is 4. The molecule has 0 saturated heterocycles. The van der Waals surface area contributed by atoms with E-state index in [0.717, 1.165) is 0 Å². The smallest absolute Gasteiger partial charge is 0.304 e. The fourth-order valence-electron chi connectivity index (χ4n) is 1.25. The van der Waals surface area contributed by atoms with Crippen molar-refractivity contribution in [1.29, 1.82) is 0 Å². The molecule has 14 heavy (non-hydrogen) atoms. The number of tetrazole rings is 1. The van der Waals surface area contributed by atoms with Crippen molar-refractivity contribution in [1.82, 2.24) is 20.2 Å². The molecule has 0 radical (unpaired) electrons. The van der Waals surface area contributed by atoms with Crippen molar-refractivity contribution in [2.45, 2.75) is 39.2 Å². The summed E-state index contributed by atoms with van der Waals surface area (Å²) in [6.45, 7) is 5.71. The average molecular weight is 198 g/mol. The van der Waals surface area contributed by atoms with Gasteiger partial charge in [-0.3, -0.25) is 4.79 Å². The zero-order valence-electron chi connectivity index (χ0n) is 8.51. The standard InChI is InChI=1S/C8H14N4O2/c1-5(2)12-8(9-10-11-12)6(3)4-7(13)14/h5-6H,4H2,1-3H3,(H,13,14). The largest absolute Gasteiger partial charge is 0.481 e. The fraction of sp³-hybridized carbons (Fsp3) is 0.750. The van der Waals surface area contributed by atoms with Gasteiger partial charge in [-0.15, -0.1) is 5.10 Å². The quantitative estimate of drug-likeness (QED) is 0.775. The molecule has 0 aromatic carbocycles. The van der Waals surface area contributed by atoms with Crippen LogP contribution in [0.1, 0.15) is 45.0 Å². The molecule has 0 amide bonds.